The molecule has 0 aromatic rings. The highest BCUT2D eigenvalue weighted by Gasteiger charge is 2.08. The van der Waals surface area contributed by atoms with Crippen LogP contribution in [0.1, 0.15) is 91.4 Å². The highest BCUT2D eigenvalue weighted by atomic mass is 16.5. The van der Waals surface area contributed by atoms with Crippen molar-refractivity contribution in [3.8, 4) is 0 Å². The summed E-state index contributed by atoms with van der Waals surface area (Å²) in [7, 11) is 0. The van der Waals surface area contributed by atoms with Crippen LogP contribution in [0.4, 0.5) is 0 Å². The Labute approximate surface area is 113 Å². The van der Waals surface area contributed by atoms with E-state index < -0.39 is 0 Å². The van der Waals surface area contributed by atoms with E-state index in [9.17, 15) is 4.79 Å². The van der Waals surface area contributed by atoms with E-state index in [-0.39, 0.29) is 12.1 Å². The van der Waals surface area contributed by atoms with Crippen molar-refractivity contribution >= 4 is 5.97 Å². The molecule has 0 aliphatic rings. The first-order valence-corrected chi connectivity index (χ1v) is 7.90. The first-order chi connectivity index (χ1) is 8.70. The summed E-state index contributed by atoms with van der Waals surface area (Å²) in [4.78, 5) is 11.5. The van der Waals surface area contributed by atoms with Crippen molar-refractivity contribution in [1.29, 1.82) is 0 Å². The third-order valence-electron chi connectivity index (χ3n) is 3.28. The van der Waals surface area contributed by atoms with Crippen LogP contribution < -0.4 is 0 Å². The topological polar surface area (TPSA) is 26.3 Å². The Morgan fingerprint density at radius 3 is 2.11 bits per heavy atom. The summed E-state index contributed by atoms with van der Waals surface area (Å²) < 4.78 is 5.39. The standard InChI is InChI=1S/C16H32O2/c1-4-6-8-9-10-12-13-15(3)18-16(17)14-11-7-5-2/h15H,4-14H2,1-3H3. The molecule has 0 aromatic heterocycles. The fraction of sp³-hybridized carbons (Fsp3) is 0.938. The number of carbonyl (C=O) groups excluding carboxylic acids is 1. The highest BCUT2D eigenvalue weighted by Crippen LogP contribution is 2.11. The molecular weight excluding hydrogens is 224 g/mol. The first kappa shape index (κ1) is 17.5. The molecule has 108 valence electrons. The van der Waals surface area contributed by atoms with E-state index in [2.05, 4.69) is 13.8 Å². The SMILES string of the molecule is CCCCCCCCC(C)OC(=O)CCCCC. The number of ether oxygens (including phenoxy) is 1. The van der Waals surface area contributed by atoms with Gasteiger partial charge in [0.15, 0.2) is 0 Å². The molecule has 0 fully saturated rings. The molecule has 2 heteroatoms. The smallest absolute Gasteiger partial charge is 0.306 e. The Kier molecular flexibility index (Phi) is 12.5. The van der Waals surface area contributed by atoms with Gasteiger partial charge in [0.05, 0.1) is 6.10 Å². The van der Waals surface area contributed by atoms with Gasteiger partial charge in [-0.2, -0.15) is 0 Å². The number of hydrogen-bond acceptors (Lipinski definition) is 2. The summed E-state index contributed by atoms with van der Waals surface area (Å²) in [6.07, 6.45) is 12.7. The van der Waals surface area contributed by atoms with Crippen LogP contribution in [0.15, 0.2) is 0 Å². The summed E-state index contributed by atoms with van der Waals surface area (Å²) in [6.45, 7) is 6.40. The van der Waals surface area contributed by atoms with Crippen LogP contribution >= 0.6 is 0 Å². The van der Waals surface area contributed by atoms with Crippen LogP contribution in [0.3, 0.4) is 0 Å². The van der Waals surface area contributed by atoms with E-state index >= 15 is 0 Å². The monoisotopic (exact) mass is 256 g/mol. The van der Waals surface area contributed by atoms with Gasteiger partial charge in [-0.1, -0.05) is 58.8 Å². The lowest BCUT2D eigenvalue weighted by Gasteiger charge is -2.13. The van der Waals surface area contributed by atoms with Crippen molar-refractivity contribution in [3.05, 3.63) is 0 Å². The predicted molar refractivity (Wildman–Crippen MR) is 77.7 cm³/mol. The fourth-order valence-corrected chi connectivity index (χ4v) is 2.07. The lowest BCUT2D eigenvalue weighted by molar-refractivity contribution is -0.148. The Hall–Kier alpha value is -0.530. The van der Waals surface area contributed by atoms with Crippen molar-refractivity contribution in [2.75, 3.05) is 0 Å². The molecule has 0 aromatic carbocycles. The van der Waals surface area contributed by atoms with Gasteiger partial charge in [0, 0.05) is 6.42 Å². The molecule has 1 atom stereocenters. The van der Waals surface area contributed by atoms with Crippen molar-refractivity contribution < 1.29 is 9.53 Å². The Morgan fingerprint density at radius 1 is 0.889 bits per heavy atom. The number of rotatable bonds is 12. The van der Waals surface area contributed by atoms with Crippen LogP contribution in [0.5, 0.6) is 0 Å². The second kappa shape index (κ2) is 12.9. The van der Waals surface area contributed by atoms with Gasteiger partial charge >= 0.3 is 5.97 Å². The summed E-state index contributed by atoms with van der Waals surface area (Å²) in [5, 5.41) is 0. The summed E-state index contributed by atoms with van der Waals surface area (Å²) in [6, 6.07) is 0. The molecule has 0 aliphatic carbocycles. The lowest BCUT2D eigenvalue weighted by Crippen LogP contribution is -2.14. The van der Waals surface area contributed by atoms with Gasteiger partial charge in [-0.15, -0.1) is 0 Å². The van der Waals surface area contributed by atoms with Gasteiger partial charge < -0.3 is 4.74 Å². The molecule has 0 N–H and O–H groups in total. The molecule has 0 radical (unpaired) electrons. The fourth-order valence-electron chi connectivity index (χ4n) is 2.07. The van der Waals surface area contributed by atoms with Crippen LogP contribution in [-0.2, 0) is 9.53 Å². The maximum absolute atomic E-state index is 11.5. The van der Waals surface area contributed by atoms with Crippen LogP contribution in [0.2, 0.25) is 0 Å². The van der Waals surface area contributed by atoms with Crippen LogP contribution in [0.25, 0.3) is 0 Å². The van der Waals surface area contributed by atoms with Crippen LogP contribution in [-0.4, -0.2) is 12.1 Å². The molecule has 0 amide bonds. The van der Waals surface area contributed by atoms with Crippen molar-refractivity contribution in [2.24, 2.45) is 0 Å². The number of unbranched alkanes of at least 4 members (excludes halogenated alkanes) is 7. The zero-order valence-corrected chi connectivity index (χ0v) is 12.7. The van der Waals surface area contributed by atoms with Crippen LogP contribution in [0, 0.1) is 0 Å². The molecule has 1 unspecified atom stereocenters. The van der Waals surface area contributed by atoms with E-state index in [0.29, 0.717) is 6.42 Å². The molecular formula is C16H32O2. The normalized spacial score (nSPS) is 12.4. The molecule has 0 aliphatic heterocycles. The summed E-state index contributed by atoms with van der Waals surface area (Å²) >= 11 is 0. The molecule has 0 bridgehead atoms. The molecule has 0 heterocycles. The Morgan fingerprint density at radius 2 is 1.44 bits per heavy atom. The maximum atomic E-state index is 11.5. The Bertz CT molecular complexity index is 190. The van der Waals surface area contributed by atoms with Gasteiger partial charge in [-0.25, -0.2) is 0 Å². The number of hydrogen-bond donors (Lipinski definition) is 0. The van der Waals surface area contributed by atoms with Gasteiger partial charge in [0.1, 0.15) is 0 Å². The minimum absolute atomic E-state index is 0.0121. The molecule has 0 spiro atoms. The molecule has 2 nitrogen and oxygen atoms in total. The quantitative estimate of drug-likeness (QED) is 0.352. The van der Waals surface area contributed by atoms with E-state index in [1.54, 1.807) is 0 Å². The van der Waals surface area contributed by atoms with Gasteiger partial charge in [-0.05, 0) is 26.2 Å². The van der Waals surface area contributed by atoms with E-state index in [0.717, 1.165) is 25.7 Å². The van der Waals surface area contributed by atoms with Gasteiger partial charge in [0.2, 0.25) is 0 Å². The number of carbonyl (C=O) groups is 1. The van der Waals surface area contributed by atoms with E-state index in [4.69, 9.17) is 4.74 Å². The summed E-state index contributed by atoms with van der Waals surface area (Å²) in [5.74, 6) is -0.0121. The largest absolute Gasteiger partial charge is 0.463 e. The van der Waals surface area contributed by atoms with E-state index in [1.807, 2.05) is 6.92 Å². The van der Waals surface area contributed by atoms with Crippen molar-refractivity contribution in [3.63, 3.8) is 0 Å². The third kappa shape index (κ3) is 11.9. The first-order valence-electron chi connectivity index (χ1n) is 7.90. The highest BCUT2D eigenvalue weighted by molar-refractivity contribution is 5.69. The minimum Gasteiger partial charge on any atom is -0.463 e. The molecule has 0 saturated heterocycles. The zero-order chi connectivity index (χ0) is 13.6. The zero-order valence-electron chi connectivity index (χ0n) is 12.7. The predicted octanol–water partition coefficient (Wildman–Crippen LogP) is 5.25. The third-order valence-corrected chi connectivity index (χ3v) is 3.28. The summed E-state index contributed by atoms with van der Waals surface area (Å²) in [5.41, 5.74) is 0. The molecule has 0 saturated carbocycles. The maximum Gasteiger partial charge on any atom is 0.306 e. The van der Waals surface area contributed by atoms with Gasteiger partial charge in [-0.3, -0.25) is 4.79 Å². The van der Waals surface area contributed by atoms with Gasteiger partial charge in [0.25, 0.3) is 0 Å². The lowest BCUT2D eigenvalue weighted by atomic mass is 10.1. The second-order valence-electron chi connectivity index (χ2n) is 5.31. The average Bonchev–Trinajstić information content (AvgIpc) is 2.34. The Balaban J connectivity index is 3.35. The minimum atomic E-state index is -0.0121. The average molecular weight is 256 g/mol. The second-order valence-corrected chi connectivity index (χ2v) is 5.31. The van der Waals surface area contributed by atoms with E-state index in [1.165, 1.54) is 38.5 Å². The number of esters is 1. The molecule has 0 rings (SSSR count). The molecule has 18 heavy (non-hydrogen) atoms. The van der Waals surface area contributed by atoms with Crippen molar-refractivity contribution in [2.45, 2.75) is 97.5 Å². The van der Waals surface area contributed by atoms with Crippen molar-refractivity contribution in [1.82, 2.24) is 0 Å².